The lowest BCUT2D eigenvalue weighted by Gasteiger charge is -2.17. The standard InChI is InChI=1S/C17H17F2N3O5S/c1-22(10-16(23)20-14-4-2-3-13(19)9-14)17(24)11-27-21-28(25,26)15-7-5-12(18)6-8-15/h2-9,21H,10-11H2,1H3,(H,20,23). The van der Waals surface area contributed by atoms with Gasteiger partial charge in [-0.1, -0.05) is 11.0 Å². The van der Waals surface area contributed by atoms with Gasteiger partial charge in [0.1, 0.15) is 18.2 Å². The van der Waals surface area contributed by atoms with Gasteiger partial charge in [0.15, 0.2) is 0 Å². The highest BCUT2D eigenvalue weighted by Crippen LogP contribution is 2.10. The summed E-state index contributed by atoms with van der Waals surface area (Å²) in [7, 11) is -2.78. The number of carbonyl (C=O) groups is 2. The maximum atomic E-state index is 13.1. The van der Waals surface area contributed by atoms with E-state index in [1.54, 1.807) is 4.89 Å². The summed E-state index contributed by atoms with van der Waals surface area (Å²) in [5.41, 5.74) is 0.231. The second-order valence-electron chi connectivity index (χ2n) is 5.64. The van der Waals surface area contributed by atoms with Gasteiger partial charge < -0.3 is 10.2 Å². The molecule has 0 saturated carbocycles. The number of hydrogen-bond acceptors (Lipinski definition) is 5. The van der Waals surface area contributed by atoms with Gasteiger partial charge in [-0.05, 0) is 42.5 Å². The molecule has 2 amide bonds. The van der Waals surface area contributed by atoms with Gasteiger partial charge in [-0.3, -0.25) is 14.4 Å². The van der Waals surface area contributed by atoms with E-state index in [-0.39, 0.29) is 17.1 Å². The molecule has 28 heavy (non-hydrogen) atoms. The van der Waals surface area contributed by atoms with Gasteiger partial charge >= 0.3 is 0 Å². The molecule has 0 bridgehead atoms. The van der Waals surface area contributed by atoms with E-state index < -0.39 is 40.1 Å². The third-order valence-corrected chi connectivity index (χ3v) is 4.63. The monoisotopic (exact) mass is 413 g/mol. The zero-order chi connectivity index (χ0) is 20.7. The minimum absolute atomic E-state index is 0.231. The Bertz CT molecular complexity index is 952. The summed E-state index contributed by atoms with van der Waals surface area (Å²) in [6.45, 7) is -1.03. The molecule has 11 heteroatoms. The smallest absolute Gasteiger partial charge is 0.262 e. The molecule has 0 saturated heterocycles. The molecule has 0 atom stereocenters. The van der Waals surface area contributed by atoms with Crippen LogP contribution in [0, 0.1) is 11.6 Å². The van der Waals surface area contributed by atoms with Crippen LogP contribution < -0.4 is 10.2 Å². The van der Waals surface area contributed by atoms with E-state index in [0.29, 0.717) is 0 Å². The van der Waals surface area contributed by atoms with E-state index in [1.807, 2.05) is 0 Å². The lowest BCUT2D eigenvalue weighted by Crippen LogP contribution is -2.38. The minimum atomic E-state index is -4.09. The Balaban J connectivity index is 1.80. The first-order valence-corrected chi connectivity index (χ1v) is 9.34. The van der Waals surface area contributed by atoms with Crippen molar-refractivity contribution in [3.63, 3.8) is 0 Å². The number of benzene rings is 2. The van der Waals surface area contributed by atoms with E-state index in [9.17, 15) is 26.8 Å². The summed E-state index contributed by atoms with van der Waals surface area (Å²) < 4.78 is 49.8. The van der Waals surface area contributed by atoms with Crippen molar-refractivity contribution >= 4 is 27.5 Å². The number of nitrogens with zero attached hydrogens (tertiary/aromatic N) is 1. The summed E-state index contributed by atoms with van der Waals surface area (Å²) in [6.07, 6.45) is 0. The second-order valence-corrected chi connectivity index (χ2v) is 7.28. The van der Waals surface area contributed by atoms with Gasteiger partial charge in [-0.15, -0.1) is 0 Å². The number of anilines is 1. The van der Waals surface area contributed by atoms with Crippen LogP contribution in [0.4, 0.5) is 14.5 Å². The third kappa shape index (κ3) is 6.37. The van der Waals surface area contributed by atoms with E-state index in [0.717, 1.165) is 35.2 Å². The molecule has 150 valence electrons. The molecule has 2 aromatic carbocycles. The molecule has 0 aliphatic heterocycles. The van der Waals surface area contributed by atoms with Crippen molar-refractivity contribution < 1.29 is 31.6 Å². The normalized spacial score (nSPS) is 11.1. The van der Waals surface area contributed by atoms with E-state index in [2.05, 4.69) is 10.2 Å². The van der Waals surface area contributed by atoms with Crippen molar-refractivity contribution in [3.05, 3.63) is 60.2 Å². The Kier molecular flexibility index (Phi) is 7.15. The Morgan fingerprint density at radius 1 is 1.07 bits per heavy atom. The molecule has 0 aliphatic carbocycles. The van der Waals surface area contributed by atoms with Crippen molar-refractivity contribution in [3.8, 4) is 0 Å². The van der Waals surface area contributed by atoms with Crippen molar-refractivity contribution in [2.24, 2.45) is 0 Å². The molecule has 2 rings (SSSR count). The fraction of sp³-hybridized carbons (Fsp3) is 0.176. The van der Waals surface area contributed by atoms with Crippen molar-refractivity contribution in [2.75, 3.05) is 25.5 Å². The van der Waals surface area contributed by atoms with Crippen LogP contribution in [0.15, 0.2) is 53.4 Å². The summed E-state index contributed by atoms with van der Waals surface area (Å²) >= 11 is 0. The van der Waals surface area contributed by atoms with Crippen molar-refractivity contribution in [1.82, 2.24) is 9.79 Å². The number of likely N-dealkylation sites (N-methyl/N-ethyl adjacent to an activating group) is 1. The Labute approximate surface area is 160 Å². The number of halogens is 2. The zero-order valence-electron chi connectivity index (χ0n) is 14.7. The van der Waals surface area contributed by atoms with Crippen LogP contribution >= 0.6 is 0 Å². The highest BCUT2D eigenvalue weighted by Gasteiger charge is 2.17. The molecular formula is C17H17F2N3O5S. The number of amides is 2. The van der Waals surface area contributed by atoms with Gasteiger partial charge in [-0.2, -0.15) is 0 Å². The molecular weight excluding hydrogens is 396 g/mol. The van der Waals surface area contributed by atoms with Crippen LogP contribution in [0.2, 0.25) is 0 Å². The number of nitrogens with one attached hydrogen (secondary N) is 2. The highest BCUT2D eigenvalue weighted by molar-refractivity contribution is 7.89. The zero-order valence-corrected chi connectivity index (χ0v) is 15.5. The first kappa shape index (κ1) is 21.4. The molecule has 8 nitrogen and oxygen atoms in total. The van der Waals surface area contributed by atoms with Gasteiger partial charge in [0.05, 0.1) is 11.4 Å². The maximum absolute atomic E-state index is 13.1. The molecule has 0 heterocycles. The molecule has 0 spiro atoms. The summed E-state index contributed by atoms with van der Waals surface area (Å²) in [5.74, 6) is -2.39. The van der Waals surface area contributed by atoms with Crippen LogP contribution in [-0.2, 0) is 24.4 Å². The quantitative estimate of drug-likeness (QED) is 0.635. The highest BCUT2D eigenvalue weighted by atomic mass is 32.2. The molecule has 0 aliphatic rings. The first-order chi connectivity index (χ1) is 13.2. The largest absolute Gasteiger partial charge is 0.334 e. The Morgan fingerprint density at radius 3 is 2.39 bits per heavy atom. The van der Waals surface area contributed by atoms with Crippen molar-refractivity contribution in [2.45, 2.75) is 4.90 Å². The lowest BCUT2D eigenvalue weighted by molar-refractivity contribution is -0.138. The average Bonchev–Trinajstić information content (AvgIpc) is 2.61. The third-order valence-electron chi connectivity index (χ3n) is 3.40. The van der Waals surface area contributed by atoms with Crippen LogP contribution in [0.5, 0.6) is 0 Å². The topological polar surface area (TPSA) is 105 Å². The lowest BCUT2D eigenvalue weighted by atomic mass is 10.3. The maximum Gasteiger partial charge on any atom is 0.262 e. The fourth-order valence-corrected chi connectivity index (χ4v) is 2.82. The summed E-state index contributed by atoms with van der Waals surface area (Å²) in [6, 6.07) is 9.23. The molecule has 0 aromatic heterocycles. The average molecular weight is 413 g/mol. The van der Waals surface area contributed by atoms with Gasteiger partial charge in [0, 0.05) is 12.7 Å². The number of rotatable bonds is 8. The van der Waals surface area contributed by atoms with Gasteiger partial charge in [-0.25, -0.2) is 17.2 Å². The fourth-order valence-electron chi connectivity index (χ4n) is 2.01. The van der Waals surface area contributed by atoms with Gasteiger partial charge in [0.25, 0.3) is 15.9 Å². The van der Waals surface area contributed by atoms with Crippen LogP contribution in [0.1, 0.15) is 0 Å². The molecule has 0 fully saturated rings. The molecule has 2 aromatic rings. The van der Waals surface area contributed by atoms with Crippen molar-refractivity contribution in [1.29, 1.82) is 0 Å². The SMILES string of the molecule is CN(CC(=O)Nc1cccc(F)c1)C(=O)CONS(=O)(=O)c1ccc(F)cc1. The number of sulfonamides is 1. The summed E-state index contributed by atoms with van der Waals surface area (Å²) in [4.78, 5) is 31.0. The van der Waals surface area contributed by atoms with E-state index in [1.165, 1.54) is 25.2 Å². The van der Waals surface area contributed by atoms with E-state index >= 15 is 0 Å². The van der Waals surface area contributed by atoms with E-state index in [4.69, 9.17) is 0 Å². The second kappa shape index (κ2) is 9.35. The Hall–Kier alpha value is -2.89. The number of hydrogen-bond donors (Lipinski definition) is 2. The Morgan fingerprint density at radius 2 is 1.75 bits per heavy atom. The molecule has 0 radical (unpaired) electrons. The van der Waals surface area contributed by atoms with Crippen LogP contribution in [0.3, 0.4) is 0 Å². The predicted octanol–water partition coefficient (Wildman–Crippen LogP) is 1.27. The minimum Gasteiger partial charge on any atom is -0.334 e. The van der Waals surface area contributed by atoms with Crippen LogP contribution in [0.25, 0.3) is 0 Å². The predicted molar refractivity (Wildman–Crippen MR) is 95.3 cm³/mol. The number of carbonyl (C=O) groups excluding carboxylic acids is 2. The molecule has 2 N–H and O–H groups in total. The first-order valence-electron chi connectivity index (χ1n) is 7.86. The summed E-state index contributed by atoms with van der Waals surface area (Å²) in [5, 5.41) is 2.42. The van der Waals surface area contributed by atoms with Gasteiger partial charge in [0.2, 0.25) is 5.91 Å². The molecule has 0 unspecified atom stereocenters. The van der Waals surface area contributed by atoms with Crippen LogP contribution in [-0.4, -0.2) is 45.3 Å².